The van der Waals surface area contributed by atoms with E-state index in [2.05, 4.69) is 0 Å². The first-order chi connectivity index (χ1) is 5.54. The van der Waals surface area contributed by atoms with E-state index in [4.69, 9.17) is 10.8 Å². The van der Waals surface area contributed by atoms with Crippen molar-refractivity contribution in [2.24, 2.45) is 5.73 Å². The van der Waals surface area contributed by atoms with Crippen molar-refractivity contribution in [3.05, 3.63) is 0 Å². The molecular formula is C6H10N2O3S. The maximum atomic E-state index is 10.8. The fourth-order valence-corrected chi connectivity index (χ4v) is 2.34. The van der Waals surface area contributed by atoms with E-state index in [1.54, 1.807) is 6.92 Å². The lowest BCUT2D eigenvalue weighted by Gasteiger charge is -2.22. The molecule has 68 valence electrons. The van der Waals surface area contributed by atoms with E-state index in [1.165, 1.54) is 16.7 Å². The summed E-state index contributed by atoms with van der Waals surface area (Å²) in [6.45, 7) is 1.76. The van der Waals surface area contributed by atoms with Gasteiger partial charge in [0, 0.05) is 5.75 Å². The van der Waals surface area contributed by atoms with Crippen LogP contribution in [0.5, 0.6) is 0 Å². The van der Waals surface area contributed by atoms with Gasteiger partial charge in [-0.2, -0.15) is 0 Å². The maximum Gasteiger partial charge on any atom is 0.327 e. The third-order valence-electron chi connectivity index (χ3n) is 1.76. The van der Waals surface area contributed by atoms with Crippen molar-refractivity contribution in [2.45, 2.75) is 18.3 Å². The molecule has 0 radical (unpaired) electrons. The molecule has 1 saturated heterocycles. The number of carbonyl (C=O) groups excluding carboxylic acids is 1. The maximum absolute atomic E-state index is 10.8. The van der Waals surface area contributed by atoms with Gasteiger partial charge in [-0.3, -0.25) is 4.90 Å². The van der Waals surface area contributed by atoms with Crippen LogP contribution in [0, 0.1) is 0 Å². The van der Waals surface area contributed by atoms with Crippen LogP contribution in [0.4, 0.5) is 4.79 Å². The minimum absolute atomic E-state index is 0.136. The van der Waals surface area contributed by atoms with Crippen molar-refractivity contribution >= 4 is 23.8 Å². The largest absolute Gasteiger partial charge is 0.480 e. The van der Waals surface area contributed by atoms with Crippen LogP contribution in [-0.4, -0.2) is 39.2 Å². The minimum Gasteiger partial charge on any atom is -0.480 e. The Morgan fingerprint density at radius 3 is 2.58 bits per heavy atom. The first kappa shape index (κ1) is 9.18. The number of thioether (sulfide) groups is 1. The Kier molecular flexibility index (Phi) is 2.46. The molecular weight excluding hydrogens is 180 g/mol. The van der Waals surface area contributed by atoms with E-state index in [9.17, 15) is 9.59 Å². The van der Waals surface area contributed by atoms with Gasteiger partial charge in [0.2, 0.25) is 0 Å². The number of carboxylic acid groups (broad SMARTS) is 1. The molecule has 1 heterocycles. The van der Waals surface area contributed by atoms with Crippen LogP contribution in [0.2, 0.25) is 0 Å². The second-order valence-corrected chi connectivity index (χ2v) is 3.88. The summed E-state index contributed by atoms with van der Waals surface area (Å²) in [5, 5.41) is 8.55. The average molecular weight is 190 g/mol. The summed E-state index contributed by atoms with van der Waals surface area (Å²) in [4.78, 5) is 22.6. The molecule has 3 N–H and O–H groups in total. The monoisotopic (exact) mass is 190 g/mol. The Hall–Kier alpha value is -0.910. The van der Waals surface area contributed by atoms with Crippen molar-refractivity contribution in [1.82, 2.24) is 4.90 Å². The number of hydrogen-bond donors (Lipinski definition) is 2. The van der Waals surface area contributed by atoms with Gasteiger partial charge in [-0.05, 0) is 6.92 Å². The Labute approximate surface area is 73.9 Å². The van der Waals surface area contributed by atoms with E-state index in [0.717, 1.165) is 0 Å². The van der Waals surface area contributed by atoms with E-state index in [-0.39, 0.29) is 5.37 Å². The van der Waals surface area contributed by atoms with Gasteiger partial charge in [-0.1, -0.05) is 0 Å². The topological polar surface area (TPSA) is 83.6 Å². The summed E-state index contributed by atoms with van der Waals surface area (Å²) in [6.07, 6.45) is 0. The summed E-state index contributed by atoms with van der Waals surface area (Å²) in [5.41, 5.74) is 5.03. The number of nitrogens with two attached hydrogens (primary N) is 1. The zero-order chi connectivity index (χ0) is 9.30. The van der Waals surface area contributed by atoms with Gasteiger partial charge in [0.05, 0.1) is 5.37 Å². The molecule has 0 bridgehead atoms. The number of amides is 2. The molecule has 6 heteroatoms. The molecule has 2 amide bonds. The Balaban J connectivity index is 2.77. The molecule has 0 aromatic rings. The number of aliphatic carboxylic acids is 1. The highest BCUT2D eigenvalue weighted by molar-refractivity contribution is 8.00. The molecule has 1 aliphatic rings. The molecule has 2 atom stereocenters. The van der Waals surface area contributed by atoms with Gasteiger partial charge in [0.1, 0.15) is 6.04 Å². The van der Waals surface area contributed by atoms with Crippen LogP contribution in [0.3, 0.4) is 0 Å². The van der Waals surface area contributed by atoms with Crippen LogP contribution >= 0.6 is 11.8 Å². The highest BCUT2D eigenvalue weighted by Gasteiger charge is 2.38. The van der Waals surface area contributed by atoms with Gasteiger partial charge in [0.15, 0.2) is 0 Å². The molecule has 1 aliphatic heterocycles. The number of nitrogens with zero attached hydrogens (tertiary/aromatic N) is 1. The predicted octanol–water partition coefficient (Wildman–Crippen LogP) is -0.0869. The van der Waals surface area contributed by atoms with Crippen molar-refractivity contribution in [1.29, 1.82) is 0 Å². The third kappa shape index (κ3) is 1.47. The summed E-state index contributed by atoms with van der Waals surface area (Å²) >= 11 is 1.41. The second-order valence-electron chi connectivity index (χ2n) is 2.53. The predicted molar refractivity (Wildman–Crippen MR) is 44.8 cm³/mol. The average Bonchev–Trinajstić information content (AvgIpc) is 2.30. The SMILES string of the molecule is CC1SCC(C(=O)O)N1C(N)=O. The van der Waals surface area contributed by atoms with Crippen LogP contribution in [0.1, 0.15) is 6.92 Å². The van der Waals surface area contributed by atoms with Crippen LogP contribution in [0.15, 0.2) is 0 Å². The summed E-state index contributed by atoms with van der Waals surface area (Å²) in [7, 11) is 0. The first-order valence-corrected chi connectivity index (χ1v) is 4.51. The molecule has 0 aromatic carbocycles. The normalized spacial score (nSPS) is 28.9. The molecule has 12 heavy (non-hydrogen) atoms. The van der Waals surface area contributed by atoms with Crippen molar-refractivity contribution < 1.29 is 14.7 Å². The number of hydrogen-bond acceptors (Lipinski definition) is 3. The quantitative estimate of drug-likeness (QED) is 0.605. The van der Waals surface area contributed by atoms with Gasteiger partial charge in [-0.25, -0.2) is 9.59 Å². The number of carbonyl (C=O) groups is 2. The Morgan fingerprint density at radius 2 is 2.25 bits per heavy atom. The molecule has 1 fully saturated rings. The number of rotatable bonds is 1. The van der Waals surface area contributed by atoms with Crippen molar-refractivity contribution in [3.8, 4) is 0 Å². The Morgan fingerprint density at radius 1 is 1.67 bits per heavy atom. The van der Waals surface area contributed by atoms with Gasteiger partial charge >= 0.3 is 12.0 Å². The lowest BCUT2D eigenvalue weighted by Crippen LogP contribution is -2.47. The molecule has 0 aliphatic carbocycles. The fourth-order valence-electron chi connectivity index (χ4n) is 1.17. The smallest absolute Gasteiger partial charge is 0.327 e. The van der Waals surface area contributed by atoms with Gasteiger partial charge in [0.25, 0.3) is 0 Å². The second kappa shape index (κ2) is 3.22. The summed E-state index contributed by atoms with van der Waals surface area (Å²) < 4.78 is 0. The van der Waals surface area contributed by atoms with E-state index < -0.39 is 18.0 Å². The molecule has 1 rings (SSSR count). The molecule has 0 saturated carbocycles. The molecule has 0 aromatic heterocycles. The summed E-state index contributed by atoms with van der Waals surface area (Å²) in [6, 6.07) is -1.43. The number of carboxylic acids is 1. The van der Waals surface area contributed by atoms with Crippen LogP contribution in [0.25, 0.3) is 0 Å². The van der Waals surface area contributed by atoms with Crippen LogP contribution in [-0.2, 0) is 4.79 Å². The highest BCUT2D eigenvalue weighted by Crippen LogP contribution is 2.27. The molecule has 2 unspecified atom stereocenters. The van der Waals surface area contributed by atoms with Crippen molar-refractivity contribution in [2.75, 3.05) is 5.75 Å². The summed E-state index contributed by atoms with van der Waals surface area (Å²) in [5.74, 6) is -0.579. The first-order valence-electron chi connectivity index (χ1n) is 3.46. The lowest BCUT2D eigenvalue weighted by molar-refractivity contribution is -0.141. The lowest BCUT2D eigenvalue weighted by atomic mass is 10.3. The minimum atomic E-state index is -0.995. The van der Waals surface area contributed by atoms with Gasteiger partial charge < -0.3 is 10.8 Å². The molecule has 5 nitrogen and oxygen atoms in total. The number of primary amides is 1. The van der Waals surface area contributed by atoms with E-state index in [1.807, 2.05) is 0 Å². The number of urea groups is 1. The van der Waals surface area contributed by atoms with E-state index >= 15 is 0 Å². The standard InChI is InChI=1S/C6H10N2O3S/c1-3-8(6(7)11)4(2-12-3)5(9)10/h3-4H,2H2,1H3,(H2,7,11)(H,9,10). The fraction of sp³-hybridized carbons (Fsp3) is 0.667. The zero-order valence-corrected chi connectivity index (χ0v) is 7.37. The highest BCUT2D eigenvalue weighted by atomic mass is 32.2. The van der Waals surface area contributed by atoms with Gasteiger partial charge in [-0.15, -0.1) is 11.8 Å². The van der Waals surface area contributed by atoms with E-state index in [0.29, 0.717) is 5.75 Å². The van der Waals surface area contributed by atoms with Crippen LogP contribution < -0.4 is 5.73 Å². The van der Waals surface area contributed by atoms with Crippen molar-refractivity contribution in [3.63, 3.8) is 0 Å². The third-order valence-corrected chi connectivity index (χ3v) is 2.98. The molecule has 0 spiro atoms. The zero-order valence-electron chi connectivity index (χ0n) is 6.56. The Bertz CT molecular complexity index is 221.